The number of nitrogens with one attached hydrogen (secondary N) is 1. The van der Waals surface area contributed by atoms with Gasteiger partial charge in [0, 0.05) is 20.0 Å². The zero-order chi connectivity index (χ0) is 32.8. The molecule has 0 heterocycles. The average Bonchev–Trinajstić information content (AvgIpc) is 3.02. The van der Waals surface area contributed by atoms with Crippen molar-refractivity contribution in [1.82, 2.24) is 10.2 Å². The van der Waals surface area contributed by atoms with Crippen molar-refractivity contribution in [1.29, 1.82) is 0 Å². The van der Waals surface area contributed by atoms with Crippen molar-refractivity contribution in [2.45, 2.75) is 37.0 Å². The number of likely N-dealkylation sites (N-methyl/N-ethyl adjacent to an activating group) is 1. The number of alkyl halides is 3. The van der Waals surface area contributed by atoms with E-state index in [-0.39, 0.29) is 17.9 Å². The zero-order valence-electron chi connectivity index (χ0n) is 24.5. The Labute approximate surface area is 265 Å². The van der Waals surface area contributed by atoms with Gasteiger partial charge in [-0.2, -0.15) is 13.2 Å². The molecule has 1 atom stereocenters. The van der Waals surface area contributed by atoms with Gasteiger partial charge in [0.2, 0.25) is 11.8 Å². The van der Waals surface area contributed by atoms with Gasteiger partial charge < -0.3 is 10.2 Å². The number of carbonyl (C=O) groups is 2. The summed E-state index contributed by atoms with van der Waals surface area (Å²) in [4.78, 5) is 28.7. The van der Waals surface area contributed by atoms with Crippen LogP contribution in [-0.4, -0.2) is 44.8 Å². The normalized spacial score (nSPS) is 12.3. The van der Waals surface area contributed by atoms with Crippen LogP contribution in [0.2, 0.25) is 5.02 Å². The summed E-state index contributed by atoms with van der Waals surface area (Å²) in [7, 11) is -3.15. The molecule has 12 heteroatoms. The molecule has 0 saturated carbocycles. The van der Waals surface area contributed by atoms with Crippen LogP contribution >= 0.6 is 11.6 Å². The molecule has 0 fully saturated rings. The molecule has 0 aromatic heterocycles. The Bertz CT molecular complexity index is 1750. The van der Waals surface area contributed by atoms with Crippen molar-refractivity contribution >= 4 is 39.1 Å². The van der Waals surface area contributed by atoms with E-state index in [1.54, 1.807) is 42.5 Å². The van der Waals surface area contributed by atoms with E-state index in [1.807, 2.05) is 25.1 Å². The molecule has 1 N–H and O–H groups in total. The van der Waals surface area contributed by atoms with Crippen LogP contribution in [0.25, 0.3) is 0 Å². The largest absolute Gasteiger partial charge is 0.417 e. The molecule has 2 amide bonds. The average molecular weight is 658 g/mol. The fourth-order valence-corrected chi connectivity index (χ4v) is 6.48. The van der Waals surface area contributed by atoms with Crippen molar-refractivity contribution in [2.24, 2.45) is 0 Å². The molecule has 0 bridgehead atoms. The van der Waals surface area contributed by atoms with E-state index in [4.69, 9.17) is 11.6 Å². The molecule has 0 aliphatic heterocycles. The molecule has 0 unspecified atom stereocenters. The summed E-state index contributed by atoms with van der Waals surface area (Å²) in [6.07, 6.45) is -4.79. The standard InChI is InChI=1S/C33H31ClF3N3O4S/c1-23-11-9-10-14-25(23)21-39(30(32(42)38-2)19-24-12-5-3-6-13-24)31(41)22-40(45(43,44)27-15-7-4-8-16-27)26-17-18-29(34)28(20-26)33(35,36)37/h3-18,20,30H,19,21-22H2,1-2H3,(H,38,42)/t30-/m1/s1. The van der Waals surface area contributed by atoms with Gasteiger partial charge in [0.25, 0.3) is 10.0 Å². The molecule has 0 aliphatic rings. The highest BCUT2D eigenvalue weighted by atomic mass is 35.5. The first kappa shape index (κ1) is 33.5. The minimum absolute atomic E-state index is 0.0654. The molecule has 4 aromatic rings. The fraction of sp³-hybridized carbons (Fsp3) is 0.212. The maximum Gasteiger partial charge on any atom is 0.417 e. The summed E-state index contributed by atoms with van der Waals surface area (Å²) >= 11 is 5.84. The van der Waals surface area contributed by atoms with Crippen molar-refractivity contribution in [3.05, 3.63) is 130 Å². The van der Waals surface area contributed by atoms with Gasteiger partial charge in [-0.25, -0.2) is 8.42 Å². The van der Waals surface area contributed by atoms with Gasteiger partial charge in [-0.3, -0.25) is 13.9 Å². The van der Waals surface area contributed by atoms with E-state index in [0.29, 0.717) is 15.9 Å². The highest BCUT2D eigenvalue weighted by Gasteiger charge is 2.37. The lowest BCUT2D eigenvalue weighted by Gasteiger charge is -2.34. The number of sulfonamides is 1. The second-order valence-corrected chi connectivity index (χ2v) is 12.5. The SMILES string of the molecule is CNC(=O)[C@@H](Cc1ccccc1)N(Cc1ccccc1C)C(=O)CN(c1ccc(Cl)c(C(F)(F)F)c1)S(=O)(=O)c1ccccc1. The van der Waals surface area contributed by atoms with Crippen LogP contribution < -0.4 is 9.62 Å². The number of aryl methyl sites for hydroxylation is 1. The zero-order valence-corrected chi connectivity index (χ0v) is 26.0. The lowest BCUT2D eigenvalue weighted by atomic mass is 10.0. The smallest absolute Gasteiger partial charge is 0.357 e. The monoisotopic (exact) mass is 657 g/mol. The summed E-state index contributed by atoms with van der Waals surface area (Å²) in [5, 5.41) is 1.96. The van der Waals surface area contributed by atoms with E-state index < -0.39 is 56.9 Å². The molecule has 4 rings (SSSR count). The number of anilines is 1. The van der Waals surface area contributed by atoms with Gasteiger partial charge in [-0.15, -0.1) is 0 Å². The molecular weight excluding hydrogens is 627 g/mol. The molecule has 0 aliphatic carbocycles. The molecule has 0 radical (unpaired) electrons. The number of amides is 2. The molecule has 7 nitrogen and oxygen atoms in total. The van der Waals surface area contributed by atoms with E-state index >= 15 is 0 Å². The van der Waals surface area contributed by atoms with Crippen LogP contribution in [0.3, 0.4) is 0 Å². The number of rotatable bonds is 11. The van der Waals surface area contributed by atoms with Gasteiger partial charge in [-0.05, 0) is 53.9 Å². The highest BCUT2D eigenvalue weighted by Crippen LogP contribution is 2.38. The molecule has 45 heavy (non-hydrogen) atoms. The van der Waals surface area contributed by atoms with E-state index in [2.05, 4.69) is 5.32 Å². The predicted octanol–water partition coefficient (Wildman–Crippen LogP) is 6.25. The molecule has 0 spiro atoms. The molecular formula is C33H31ClF3N3O4S. The van der Waals surface area contributed by atoms with Crippen LogP contribution in [-0.2, 0) is 38.8 Å². The highest BCUT2D eigenvalue weighted by molar-refractivity contribution is 7.92. The molecule has 0 saturated heterocycles. The first-order valence-electron chi connectivity index (χ1n) is 13.9. The van der Waals surface area contributed by atoms with Crippen molar-refractivity contribution in [3.63, 3.8) is 0 Å². The Morgan fingerprint density at radius 3 is 2.09 bits per heavy atom. The van der Waals surface area contributed by atoms with Crippen LogP contribution in [0.5, 0.6) is 0 Å². The Morgan fingerprint density at radius 2 is 1.49 bits per heavy atom. The summed E-state index contributed by atoms with van der Waals surface area (Å²) in [6, 6.07) is 24.8. The molecule has 4 aromatic carbocycles. The van der Waals surface area contributed by atoms with E-state index in [1.165, 1.54) is 36.2 Å². The van der Waals surface area contributed by atoms with E-state index in [9.17, 15) is 31.2 Å². The number of hydrogen-bond donors (Lipinski definition) is 1. The lowest BCUT2D eigenvalue weighted by Crippen LogP contribution is -2.53. The van der Waals surface area contributed by atoms with E-state index in [0.717, 1.165) is 23.3 Å². The van der Waals surface area contributed by atoms with Crippen molar-refractivity contribution in [2.75, 3.05) is 17.9 Å². The third-order valence-electron chi connectivity index (χ3n) is 7.27. The Balaban J connectivity index is 1.85. The van der Waals surface area contributed by atoms with Gasteiger partial charge in [-0.1, -0.05) is 84.4 Å². The van der Waals surface area contributed by atoms with Gasteiger partial charge in [0.15, 0.2) is 0 Å². The summed E-state index contributed by atoms with van der Waals surface area (Å²) < 4.78 is 70.1. The first-order valence-corrected chi connectivity index (χ1v) is 15.7. The van der Waals surface area contributed by atoms with Crippen LogP contribution in [0, 0.1) is 6.92 Å². The maximum absolute atomic E-state index is 14.3. The van der Waals surface area contributed by atoms with Crippen molar-refractivity contribution in [3.8, 4) is 0 Å². The fourth-order valence-electron chi connectivity index (χ4n) is 4.83. The maximum atomic E-state index is 14.3. The Kier molecular flexibility index (Phi) is 10.6. The topological polar surface area (TPSA) is 86.8 Å². The summed E-state index contributed by atoms with van der Waals surface area (Å²) in [5.74, 6) is -1.30. The first-order chi connectivity index (χ1) is 21.3. The number of benzene rings is 4. The quantitative estimate of drug-likeness (QED) is 0.207. The van der Waals surface area contributed by atoms with Gasteiger partial charge in [0.1, 0.15) is 12.6 Å². The second kappa shape index (κ2) is 14.2. The van der Waals surface area contributed by atoms with Gasteiger partial charge >= 0.3 is 6.18 Å². The minimum Gasteiger partial charge on any atom is -0.357 e. The van der Waals surface area contributed by atoms with Crippen LogP contribution in [0.4, 0.5) is 18.9 Å². The predicted molar refractivity (Wildman–Crippen MR) is 167 cm³/mol. The Morgan fingerprint density at radius 1 is 0.889 bits per heavy atom. The number of halogens is 4. The number of hydrogen-bond acceptors (Lipinski definition) is 4. The Hall–Kier alpha value is -4.35. The summed E-state index contributed by atoms with van der Waals surface area (Å²) in [6.45, 7) is 0.872. The summed E-state index contributed by atoms with van der Waals surface area (Å²) in [5.41, 5.74) is 0.601. The third kappa shape index (κ3) is 8.03. The minimum atomic E-state index is -4.89. The van der Waals surface area contributed by atoms with Crippen LogP contribution in [0.1, 0.15) is 22.3 Å². The third-order valence-corrected chi connectivity index (χ3v) is 9.39. The second-order valence-electron chi connectivity index (χ2n) is 10.3. The lowest BCUT2D eigenvalue weighted by molar-refractivity contribution is -0.139. The molecule has 236 valence electrons. The van der Waals surface area contributed by atoms with Gasteiger partial charge in [0.05, 0.1) is 21.2 Å². The van der Waals surface area contributed by atoms with Crippen LogP contribution in [0.15, 0.2) is 108 Å². The van der Waals surface area contributed by atoms with Crippen molar-refractivity contribution < 1.29 is 31.2 Å². The number of nitrogens with zero attached hydrogens (tertiary/aromatic N) is 2. The number of carbonyl (C=O) groups excluding carboxylic acids is 2.